The first-order chi connectivity index (χ1) is 7.87. The molecule has 1 aromatic carbocycles. The van der Waals surface area contributed by atoms with Crippen molar-refractivity contribution in [3.8, 4) is 0 Å². The van der Waals surface area contributed by atoms with Crippen LogP contribution in [0.1, 0.15) is 35.4 Å². The first kappa shape index (κ1) is 14.7. The van der Waals surface area contributed by atoms with Crippen LogP contribution in [-0.2, 0) is 22.7 Å². The summed E-state index contributed by atoms with van der Waals surface area (Å²) in [5.41, 5.74) is 3.70. The van der Waals surface area contributed by atoms with Crippen molar-refractivity contribution in [1.82, 2.24) is 0 Å². The molecule has 1 unspecified atom stereocenters. The van der Waals surface area contributed by atoms with Crippen molar-refractivity contribution in [1.29, 1.82) is 0 Å². The molecule has 1 rings (SSSR count). The third-order valence-corrected chi connectivity index (χ3v) is 5.02. The summed E-state index contributed by atoms with van der Waals surface area (Å²) in [5.74, 6) is 0.141. The predicted octanol–water partition coefficient (Wildman–Crippen LogP) is 3.29. The van der Waals surface area contributed by atoms with Crippen LogP contribution in [0.5, 0.6) is 0 Å². The van der Waals surface area contributed by atoms with Gasteiger partial charge in [0.15, 0.2) is 0 Å². The summed E-state index contributed by atoms with van der Waals surface area (Å²) in [6.07, 6.45) is 3.26. The Kier molecular flexibility index (Phi) is 5.20. The lowest BCUT2D eigenvalue weighted by Gasteiger charge is -2.13. The van der Waals surface area contributed by atoms with Gasteiger partial charge in [-0.25, -0.2) is 8.42 Å². The summed E-state index contributed by atoms with van der Waals surface area (Å²) < 4.78 is 22.5. The molecule has 2 nitrogen and oxygen atoms in total. The van der Waals surface area contributed by atoms with Gasteiger partial charge in [0.2, 0.25) is 0 Å². The van der Waals surface area contributed by atoms with E-state index in [1.165, 1.54) is 17.4 Å². The summed E-state index contributed by atoms with van der Waals surface area (Å²) in [7, 11) is -2.95. The minimum atomic E-state index is -2.95. The maximum absolute atomic E-state index is 11.3. The van der Waals surface area contributed by atoms with E-state index in [1.807, 2.05) is 6.07 Å². The zero-order chi connectivity index (χ0) is 13.1. The highest BCUT2D eigenvalue weighted by atomic mass is 79.9. The van der Waals surface area contributed by atoms with E-state index < -0.39 is 9.84 Å². The number of hydrogen-bond acceptors (Lipinski definition) is 2. The van der Waals surface area contributed by atoms with E-state index >= 15 is 0 Å². The molecule has 17 heavy (non-hydrogen) atoms. The molecule has 4 heteroatoms. The Bertz CT molecular complexity index is 480. The molecule has 0 radical (unpaired) electrons. The first-order valence-corrected chi connectivity index (χ1v) is 8.78. The molecular weight excluding hydrogens is 300 g/mol. The number of sulfone groups is 1. The second kappa shape index (κ2) is 6.01. The van der Waals surface area contributed by atoms with E-state index in [0.29, 0.717) is 0 Å². The van der Waals surface area contributed by atoms with Gasteiger partial charge in [-0.1, -0.05) is 48.0 Å². The van der Waals surface area contributed by atoms with Gasteiger partial charge in [-0.2, -0.15) is 0 Å². The lowest BCUT2D eigenvalue weighted by atomic mass is 9.99. The maximum Gasteiger partial charge on any atom is 0.148 e. The minimum Gasteiger partial charge on any atom is -0.229 e. The zero-order valence-corrected chi connectivity index (χ0v) is 12.9. The fourth-order valence-electron chi connectivity index (χ4n) is 1.88. The largest absolute Gasteiger partial charge is 0.229 e. The van der Waals surface area contributed by atoms with E-state index in [4.69, 9.17) is 0 Å². The smallest absolute Gasteiger partial charge is 0.148 e. The van der Waals surface area contributed by atoms with E-state index in [-0.39, 0.29) is 10.6 Å². The molecule has 0 spiro atoms. The Morgan fingerprint density at radius 3 is 2.24 bits per heavy atom. The van der Waals surface area contributed by atoms with Crippen molar-refractivity contribution in [2.75, 3.05) is 12.0 Å². The molecule has 0 aliphatic carbocycles. The van der Waals surface area contributed by atoms with Gasteiger partial charge in [0, 0.05) is 6.26 Å². The maximum atomic E-state index is 11.3. The minimum absolute atomic E-state index is 0.117. The van der Waals surface area contributed by atoms with Crippen molar-refractivity contribution in [3.63, 3.8) is 0 Å². The van der Waals surface area contributed by atoms with Crippen molar-refractivity contribution < 1.29 is 8.42 Å². The summed E-state index contributed by atoms with van der Waals surface area (Å²) in [5, 5.41) is 0. The van der Waals surface area contributed by atoms with E-state index in [0.717, 1.165) is 18.4 Å². The van der Waals surface area contributed by atoms with Gasteiger partial charge < -0.3 is 0 Å². The SMILES string of the molecule is CCc1ccc(C(Br)CS(C)(=O)=O)cc1CC. The molecule has 96 valence electrons. The second-order valence-corrected chi connectivity index (χ2v) is 7.59. The Hall–Kier alpha value is -0.350. The van der Waals surface area contributed by atoms with Crippen LogP contribution in [0.25, 0.3) is 0 Å². The van der Waals surface area contributed by atoms with Gasteiger partial charge >= 0.3 is 0 Å². The van der Waals surface area contributed by atoms with Crippen LogP contribution in [0.15, 0.2) is 18.2 Å². The lowest BCUT2D eigenvalue weighted by Crippen LogP contribution is -2.09. The molecule has 0 aliphatic rings. The molecule has 1 atom stereocenters. The van der Waals surface area contributed by atoms with Crippen LogP contribution < -0.4 is 0 Å². The number of benzene rings is 1. The number of alkyl halides is 1. The van der Waals surface area contributed by atoms with Crippen LogP contribution >= 0.6 is 15.9 Å². The molecular formula is C13H19BrO2S. The lowest BCUT2D eigenvalue weighted by molar-refractivity contribution is 0.601. The van der Waals surface area contributed by atoms with E-state index in [2.05, 4.69) is 41.9 Å². The summed E-state index contributed by atoms with van der Waals surface area (Å²) in [6, 6.07) is 6.23. The standard InChI is InChI=1S/C13H19BrO2S/c1-4-10-6-7-12(8-11(10)5-2)13(14)9-17(3,15)16/h6-8,13H,4-5,9H2,1-3H3. The number of hydrogen-bond donors (Lipinski definition) is 0. The molecule has 0 heterocycles. The zero-order valence-electron chi connectivity index (χ0n) is 10.5. The summed E-state index contributed by atoms with van der Waals surface area (Å²) in [4.78, 5) is -0.117. The van der Waals surface area contributed by atoms with Gasteiger partial charge in [-0.15, -0.1) is 0 Å². The molecule has 0 saturated carbocycles. The van der Waals surface area contributed by atoms with Crippen LogP contribution in [-0.4, -0.2) is 20.4 Å². The van der Waals surface area contributed by atoms with Crippen LogP contribution in [0.3, 0.4) is 0 Å². The summed E-state index contributed by atoms with van der Waals surface area (Å²) >= 11 is 3.45. The normalized spacial score (nSPS) is 13.6. The quantitative estimate of drug-likeness (QED) is 0.781. The van der Waals surface area contributed by atoms with E-state index in [1.54, 1.807) is 0 Å². The monoisotopic (exact) mass is 318 g/mol. The first-order valence-electron chi connectivity index (χ1n) is 5.80. The van der Waals surface area contributed by atoms with Crippen LogP contribution in [0.4, 0.5) is 0 Å². The molecule has 0 aromatic heterocycles. The fourth-order valence-corrected chi connectivity index (χ4v) is 4.33. The number of rotatable bonds is 5. The van der Waals surface area contributed by atoms with Crippen molar-refractivity contribution in [2.45, 2.75) is 31.5 Å². The highest BCUT2D eigenvalue weighted by Gasteiger charge is 2.15. The number of aryl methyl sites for hydroxylation is 2. The van der Waals surface area contributed by atoms with Crippen molar-refractivity contribution >= 4 is 25.8 Å². The van der Waals surface area contributed by atoms with Gasteiger partial charge in [-0.3, -0.25) is 0 Å². The molecule has 0 fully saturated rings. The van der Waals surface area contributed by atoms with Crippen LogP contribution in [0.2, 0.25) is 0 Å². The predicted molar refractivity (Wildman–Crippen MR) is 76.6 cm³/mol. The van der Waals surface area contributed by atoms with Gasteiger partial charge in [-0.05, 0) is 29.5 Å². The Morgan fingerprint density at radius 2 is 1.76 bits per heavy atom. The highest BCUT2D eigenvalue weighted by Crippen LogP contribution is 2.26. The number of halogens is 1. The van der Waals surface area contributed by atoms with Crippen LogP contribution in [0, 0.1) is 0 Å². The molecule has 0 saturated heterocycles. The molecule has 1 aromatic rings. The van der Waals surface area contributed by atoms with Gasteiger partial charge in [0.05, 0.1) is 10.6 Å². The highest BCUT2D eigenvalue weighted by molar-refractivity contribution is 9.09. The van der Waals surface area contributed by atoms with Gasteiger partial charge in [0.1, 0.15) is 9.84 Å². The Morgan fingerprint density at radius 1 is 1.18 bits per heavy atom. The summed E-state index contributed by atoms with van der Waals surface area (Å²) in [6.45, 7) is 4.26. The average molecular weight is 319 g/mol. The molecule has 0 N–H and O–H groups in total. The topological polar surface area (TPSA) is 34.1 Å². The van der Waals surface area contributed by atoms with E-state index in [9.17, 15) is 8.42 Å². The van der Waals surface area contributed by atoms with Crippen molar-refractivity contribution in [3.05, 3.63) is 34.9 Å². The van der Waals surface area contributed by atoms with Crippen molar-refractivity contribution in [2.24, 2.45) is 0 Å². The second-order valence-electron chi connectivity index (χ2n) is 4.30. The van der Waals surface area contributed by atoms with Gasteiger partial charge in [0.25, 0.3) is 0 Å². The Labute approximate surface area is 112 Å². The molecule has 0 bridgehead atoms. The molecule has 0 aliphatic heterocycles. The average Bonchev–Trinajstić information content (AvgIpc) is 2.25. The Balaban J connectivity index is 2.99. The third-order valence-electron chi connectivity index (χ3n) is 2.80. The molecule has 0 amide bonds. The fraction of sp³-hybridized carbons (Fsp3) is 0.538. The third kappa shape index (κ3) is 4.43.